The maximum Gasteiger partial charge on any atom is 0.277 e. The second-order valence-corrected chi connectivity index (χ2v) is 6.96. The minimum Gasteiger partial charge on any atom is -0.414 e. The van der Waals surface area contributed by atoms with E-state index >= 15 is 0 Å². The summed E-state index contributed by atoms with van der Waals surface area (Å²) in [6.07, 6.45) is 0. The van der Waals surface area contributed by atoms with Gasteiger partial charge < -0.3 is 9.73 Å². The predicted molar refractivity (Wildman–Crippen MR) is 102 cm³/mol. The van der Waals surface area contributed by atoms with Gasteiger partial charge in [-0.25, -0.2) is 4.39 Å². The van der Waals surface area contributed by atoms with Crippen LogP contribution in [0.4, 0.5) is 10.1 Å². The van der Waals surface area contributed by atoms with E-state index in [0.29, 0.717) is 34.3 Å². The van der Waals surface area contributed by atoms with Crippen LogP contribution in [-0.4, -0.2) is 30.4 Å². The number of aromatic nitrogens is 6. The topological polar surface area (TPSA) is 94.5 Å². The summed E-state index contributed by atoms with van der Waals surface area (Å²) in [7, 11) is 0. The second-order valence-electron chi connectivity index (χ2n) is 5.59. The minimum atomic E-state index is -0.289. The Hall–Kier alpha value is -2.98. The van der Waals surface area contributed by atoms with Crippen LogP contribution in [0.25, 0.3) is 5.69 Å². The molecule has 142 valence electrons. The molecule has 0 spiro atoms. The molecule has 0 fully saturated rings. The molecular formula is C17H13ClFN7OS. The van der Waals surface area contributed by atoms with E-state index in [-0.39, 0.29) is 5.82 Å². The number of anilines is 1. The SMILES string of the molecule is Fc1ccc(NCc2nnc(SCc3nnnn3-c3ccc(Cl)cc3)o2)cc1. The summed E-state index contributed by atoms with van der Waals surface area (Å²) in [6, 6.07) is 13.2. The number of hydrogen-bond acceptors (Lipinski definition) is 8. The van der Waals surface area contributed by atoms with Crippen molar-refractivity contribution in [2.45, 2.75) is 17.5 Å². The highest BCUT2D eigenvalue weighted by atomic mass is 35.5. The van der Waals surface area contributed by atoms with Crippen molar-refractivity contribution in [1.29, 1.82) is 0 Å². The summed E-state index contributed by atoms with van der Waals surface area (Å²) >= 11 is 7.24. The molecule has 4 rings (SSSR count). The van der Waals surface area contributed by atoms with Gasteiger partial charge in [-0.3, -0.25) is 0 Å². The van der Waals surface area contributed by atoms with Gasteiger partial charge in [-0.05, 0) is 59.0 Å². The lowest BCUT2D eigenvalue weighted by Gasteiger charge is -2.03. The van der Waals surface area contributed by atoms with E-state index in [1.165, 1.54) is 23.9 Å². The highest BCUT2D eigenvalue weighted by Crippen LogP contribution is 2.22. The van der Waals surface area contributed by atoms with Crippen molar-refractivity contribution in [3.05, 3.63) is 71.1 Å². The molecule has 0 atom stereocenters. The molecule has 2 heterocycles. The Kier molecular flexibility index (Phi) is 5.49. The van der Waals surface area contributed by atoms with Gasteiger partial charge in [0.15, 0.2) is 5.82 Å². The Labute approximate surface area is 168 Å². The highest BCUT2D eigenvalue weighted by molar-refractivity contribution is 7.98. The van der Waals surface area contributed by atoms with E-state index in [4.69, 9.17) is 16.0 Å². The van der Waals surface area contributed by atoms with Crippen LogP contribution in [0.15, 0.2) is 58.2 Å². The third-order valence-electron chi connectivity index (χ3n) is 3.67. The van der Waals surface area contributed by atoms with Gasteiger partial charge >= 0.3 is 0 Å². The van der Waals surface area contributed by atoms with E-state index in [1.54, 1.807) is 28.9 Å². The van der Waals surface area contributed by atoms with Crippen molar-refractivity contribution in [2.24, 2.45) is 0 Å². The van der Waals surface area contributed by atoms with Gasteiger partial charge in [0.1, 0.15) is 5.82 Å². The summed E-state index contributed by atoms with van der Waals surface area (Å²) in [4.78, 5) is 0. The van der Waals surface area contributed by atoms with Crippen LogP contribution in [0.1, 0.15) is 11.7 Å². The van der Waals surface area contributed by atoms with Crippen LogP contribution >= 0.6 is 23.4 Å². The molecule has 2 aromatic carbocycles. The van der Waals surface area contributed by atoms with Crippen molar-refractivity contribution >= 4 is 29.1 Å². The average molecular weight is 418 g/mol. The van der Waals surface area contributed by atoms with Crippen LogP contribution in [0, 0.1) is 5.82 Å². The molecule has 4 aromatic rings. The fourth-order valence-electron chi connectivity index (χ4n) is 2.32. The third kappa shape index (κ3) is 4.46. The fourth-order valence-corrected chi connectivity index (χ4v) is 3.13. The number of halogens is 2. The van der Waals surface area contributed by atoms with Gasteiger partial charge in [-0.15, -0.1) is 15.3 Å². The lowest BCUT2D eigenvalue weighted by Crippen LogP contribution is -2.01. The first-order valence-electron chi connectivity index (χ1n) is 8.15. The molecule has 0 bridgehead atoms. The first-order chi connectivity index (χ1) is 13.7. The van der Waals surface area contributed by atoms with Crippen molar-refractivity contribution in [3.8, 4) is 5.69 Å². The Morgan fingerprint density at radius 3 is 2.61 bits per heavy atom. The van der Waals surface area contributed by atoms with Crippen LogP contribution in [0.5, 0.6) is 0 Å². The maximum atomic E-state index is 12.9. The Balaban J connectivity index is 1.35. The van der Waals surface area contributed by atoms with Crippen LogP contribution in [0.2, 0.25) is 5.02 Å². The van der Waals surface area contributed by atoms with Crippen molar-refractivity contribution < 1.29 is 8.81 Å². The molecule has 8 nitrogen and oxygen atoms in total. The molecule has 11 heteroatoms. The van der Waals surface area contributed by atoms with Gasteiger partial charge in [0.05, 0.1) is 18.0 Å². The van der Waals surface area contributed by atoms with E-state index in [9.17, 15) is 4.39 Å². The van der Waals surface area contributed by atoms with Crippen LogP contribution in [0.3, 0.4) is 0 Å². The van der Waals surface area contributed by atoms with Gasteiger partial charge in [-0.2, -0.15) is 4.68 Å². The standard InChI is InChI=1S/C17H13ClFN7OS/c18-11-1-7-14(8-2-11)26-15(21-24-25-26)10-28-17-23-22-16(27-17)9-20-13-5-3-12(19)4-6-13/h1-8,20H,9-10H2. The zero-order valence-electron chi connectivity index (χ0n) is 14.3. The van der Waals surface area contributed by atoms with Crippen molar-refractivity contribution in [1.82, 2.24) is 30.4 Å². The number of benzene rings is 2. The molecule has 0 amide bonds. The zero-order chi connectivity index (χ0) is 19.3. The van der Waals surface area contributed by atoms with Crippen molar-refractivity contribution in [2.75, 3.05) is 5.32 Å². The highest BCUT2D eigenvalue weighted by Gasteiger charge is 2.12. The number of tetrazole rings is 1. The molecule has 0 radical (unpaired) electrons. The molecule has 0 aliphatic carbocycles. The van der Waals surface area contributed by atoms with Gasteiger partial charge in [-0.1, -0.05) is 23.4 Å². The van der Waals surface area contributed by atoms with Gasteiger partial charge in [0.2, 0.25) is 5.89 Å². The van der Waals surface area contributed by atoms with Crippen LogP contribution < -0.4 is 5.32 Å². The van der Waals surface area contributed by atoms with Crippen molar-refractivity contribution in [3.63, 3.8) is 0 Å². The number of thioether (sulfide) groups is 1. The summed E-state index contributed by atoms with van der Waals surface area (Å²) in [6.45, 7) is 0.335. The summed E-state index contributed by atoms with van der Waals surface area (Å²) in [5.41, 5.74) is 1.57. The van der Waals surface area contributed by atoms with Gasteiger partial charge in [0.25, 0.3) is 5.22 Å². The number of hydrogen-bond donors (Lipinski definition) is 1. The average Bonchev–Trinajstić information content (AvgIpc) is 3.36. The first-order valence-corrected chi connectivity index (χ1v) is 9.51. The number of rotatable bonds is 7. The Morgan fingerprint density at radius 2 is 1.82 bits per heavy atom. The fraction of sp³-hybridized carbons (Fsp3) is 0.118. The largest absolute Gasteiger partial charge is 0.414 e. The maximum absolute atomic E-state index is 12.9. The minimum absolute atomic E-state index is 0.289. The lowest BCUT2D eigenvalue weighted by molar-refractivity contribution is 0.418. The first kappa shape index (κ1) is 18.4. The van der Waals surface area contributed by atoms with Crippen LogP contribution in [-0.2, 0) is 12.3 Å². The molecule has 2 aromatic heterocycles. The molecule has 0 saturated carbocycles. The quantitative estimate of drug-likeness (QED) is 0.454. The zero-order valence-corrected chi connectivity index (χ0v) is 15.9. The lowest BCUT2D eigenvalue weighted by atomic mass is 10.3. The Bertz CT molecular complexity index is 1050. The molecule has 28 heavy (non-hydrogen) atoms. The molecular weight excluding hydrogens is 405 g/mol. The van der Waals surface area contributed by atoms with Gasteiger partial charge in [0, 0.05) is 10.7 Å². The number of nitrogens with one attached hydrogen (secondary N) is 1. The van der Waals surface area contributed by atoms with E-state index in [0.717, 1.165) is 11.4 Å². The van der Waals surface area contributed by atoms with E-state index in [1.807, 2.05) is 12.1 Å². The molecule has 0 saturated heterocycles. The molecule has 0 aliphatic heterocycles. The summed E-state index contributed by atoms with van der Waals surface area (Å²) in [5, 5.41) is 23.9. The molecule has 0 unspecified atom stereocenters. The third-order valence-corrected chi connectivity index (χ3v) is 4.73. The van der Waals surface area contributed by atoms with E-state index in [2.05, 4.69) is 31.0 Å². The summed E-state index contributed by atoms with van der Waals surface area (Å²) < 4.78 is 20.1. The second kappa shape index (κ2) is 8.36. The predicted octanol–water partition coefficient (Wildman–Crippen LogP) is 3.74. The number of nitrogens with zero attached hydrogens (tertiary/aromatic N) is 6. The molecule has 0 aliphatic rings. The summed E-state index contributed by atoms with van der Waals surface area (Å²) in [5.74, 6) is 1.21. The monoisotopic (exact) mass is 417 g/mol. The smallest absolute Gasteiger partial charge is 0.277 e. The molecule has 1 N–H and O–H groups in total. The van der Waals surface area contributed by atoms with E-state index < -0.39 is 0 Å². The normalized spacial score (nSPS) is 10.9. The Morgan fingerprint density at radius 1 is 1.04 bits per heavy atom.